The highest BCUT2D eigenvalue weighted by Crippen LogP contribution is 2.29. The second kappa shape index (κ2) is 4.89. The maximum absolute atomic E-state index is 12.4. The van der Waals surface area contributed by atoms with Gasteiger partial charge in [0.25, 0.3) is 0 Å². The molecular weight excluding hydrogens is 222 g/mol. The zero-order valence-electron chi connectivity index (χ0n) is 10.4. The predicted octanol–water partition coefficient (Wildman–Crippen LogP) is 4.00. The molecule has 1 aliphatic carbocycles. The normalized spacial score (nSPS) is 16.2. The molecule has 0 N–H and O–H groups in total. The van der Waals surface area contributed by atoms with Crippen LogP contribution in [-0.2, 0) is 0 Å². The summed E-state index contributed by atoms with van der Waals surface area (Å²) in [6.07, 6.45) is 9.28. The van der Waals surface area contributed by atoms with Crippen molar-refractivity contribution in [2.75, 3.05) is 0 Å². The first-order chi connectivity index (χ1) is 8.84. The van der Waals surface area contributed by atoms with E-state index in [4.69, 9.17) is 0 Å². The maximum atomic E-state index is 12.4. The van der Waals surface area contributed by atoms with E-state index in [1.54, 1.807) is 12.4 Å². The summed E-state index contributed by atoms with van der Waals surface area (Å²) >= 11 is 0. The Morgan fingerprint density at radius 1 is 1.22 bits per heavy atom. The highest BCUT2D eigenvalue weighted by atomic mass is 16.1. The molecule has 3 rings (SSSR count). The fourth-order valence-electron chi connectivity index (χ4n) is 2.94. The number of fused-ring (bicyclic) bond motifs is 1. The van der Waals surface area contributed by atoms with Crippen LogP contribution in [0, 0.1) is 5.92 Å². The van der Waals surface area contributed by atoms with Crippen LogP contribution in [0.5, 0.6) is 0 Å². The lowest BCUT2D eigenvalue weighted by atomic mass is 9.94. The van der Waals surface area contributed by atoms with Crippen molar-refractivity contribution >= 4 is 16.6 Å². The van der Waals surface area contributed by atoms with Gasteiger partial charge < -0.3 is 0 Å². The number of nitrogens with zero attached hydrogens (tertiary/aromatic N) is 1. The smallest absolute Gasteiger partial charge is 0.163 e. The van der Waals surface area contributed by atoms with Crippen LogP contribution in [0.25, 0.3) is 10.8 Å². The molecule has 2 heteroatoms. The lowest BCUT2D eigenvalue weighted by molar-refractivity contribution is 0.0964. The van der Waals surface area contributed by atoms with Crippen LogP contribution in [0.2, 0.25) is 0 Å². The molecule has 0 bridgehead atoms. The molecule has 2 aromatic rings. The Labute approximate surface area is 107 Å². The van der Waals surface area contributed by atoms with Gasteiger partial charge in [0.2, 0.25) is 0 Å². The zero-order valence-corrected chi connectivity index (χ0v) is 10.4. The van der Waals surface area contributed by atoms with Crippen molar-refractivity contribution < 1.29 is 4.79 Å². The van der Waals surface area contributed by atoms with Crippen LogP contribution in [0.4, 0.5) is 0 Å². The van der Waals surface area contributed by atoms with Crippen LogP contribution in [0.15, 0.2) is 36.7 Å². The molecule has 1 saturated carbocycles. The fraction of sp³-hybridized carbons (Fsp3) is 0.375. The Bertz CT molecular complexity index is 565. The summed E-state index contributed by atoms with van der Waals surface area (Å²) in [7, 11) is 0. The molecule has 1 aromatic carbocycles. The number of hydrogen-bond donors (Lipinski definition) is 0. The number of pyridine rings is 1. The van der Waals surface area contributed by atoms with Gasteiger partial charge in [0.1, 0.15) is 0 Å². The quantitative estimate of drug-likeness (QED) is 0.758. The van der Waals surface area contributed by atoms with Crippen molar-refractivity contribution in [3.63, 3.8) is 0 Å². The van der Waals surface area contributed by atoms with Gasteiger partial charge in [0.05, 0.1) is 0 Å². The minimum atomic E-state index is 0.278. The van der Waals surface area contributed by atoms with Crippen molar-refractivity contribution in [3.8, 4) is 0 Å². The van der Waals surface area contributed by atoms with Crippen LogP contribution in [0.3, 0.4) is 0 Å². The summed E-state index contributed by atoms with van der Waals surface area (Å²) in [6.45, 7) is 0. The van der Waals surface area contributed by atoms with E-state index in [1.165, 1.54) is 25.7 Å². The average Bonchev–Trinajstić information content (AvgIpc) is 2.91. The minimum Gasteiger partial charge on any atom is -0.294 e. The van der Waals surface area contributed by atoms with Gasteiger partial charge in [-0.3, -0.25) is 9.78 Å². The molecule has 0 spiro atoms. The first-order valence-corrected chi connectivity index (χ1v) is 6.70. The molecule has 1 aliphatic rings. The van der Waals surface area contributed by atoms with Gasteiger partial charge in [-0.2, -0.15) is 0 Å². The predicted molar refractivity (Wildman–Crippen MR) is 72.6 cm³/mol. The van der Waals surface area contributed by atoms with E-state index >= 15 is 0 Å². The second-order valence-corrected chi connectivity index (χ2v) is 5.18. The van der Waals surface area contributed by atoms with Gasteiger partial charge in [0, 0.05) is 29.8 Å². The van der Waals surface area contributed by atoms with Crippen molar-refractivity contribution in [3.05, 3.63) is 42.2 Å². The number of carbonyl (C=O) groups excluding carboxylic acids is 1. The monoisotopic (exact) mass is 239 g/mol. The third-order valence-corrected chi connectivity index (χ3v) is 3.93. The maximum Gasteiger partial charge on any atom is 0.163 e. The lowest BCUT2D eigenvalue weighted by Gasteiger charge is -2.09. The van der Waals surface area contributed by atoms with Crippen molar-refractivity contribution in [1.29, 1.82) is 0 Å². The van der Waals surface area contributed by atoms with Crippen LogP contribution < -0.4 is 0 Å². The Morgan fingerprint density at radius 2 is 2.06 bits per heavy atom. The molecule has 1 aromatic heterocycles. The van der Waals surface area contributed by atoms with E-state index < -0.39 is 0 Å². The summed E-state index contributed by atoms with van der Waals surface area (Å²) in [4.78, 5) is 16.5. The SMILES string of the molecule is O=C(CC1CCCC1)c1cccc2ccncc12. The molecule has 0 unspecified atom stereocenters. The molecule has 0 saturated heterocycles. The van der Waals surface area contributed by atoms with E-state index in [2.05, 4.69) is 4.98 Å². The third-order valence-electron chi connectivity index (χ3n) is 3.93. The number of ketones is 1. The van der Waals surface area contributed by atoms with Gasteiger partial charge in [-0.15, -0.1) is 0 Å². The first-order valence-electron chi connectivity index (χ1n) is 6.70. The minimum absolute atomic E-state index is 0.278. The largest absolute Gasteiger partial charge is 0.294 e. The second-order valence-electron chi connectivity index (χ2n) is 5.18. The number of aromatic nitrogens is 1. The molecule has 0 amide bonds. The molecule has 92 valence electrons. The van der Waals surface area contributed by atoms with Crippen LogP contribution >= 0.6 is 0 Å². The Kier molecular flexibility index (Phi) is 3.09. The van der Waals surface area contributed by atoms with Gasteiger partial charge in [-0.25, -0.2) is 0 Å². The summed E-state index contributed by atoms with van der Waals surface area (Å²) in [5.74, 6) is 0.880. The van der Waals surface area contributed by atoms with E-state index in [0.717, 1.165) is 16.3 Å². The van der Waals surface area contributed by atoms with E-state index in [9.17, 15) is 4.79 Å². The summed E-state index contributed by atoms with van der Waals surface area (Å²) < 4.78 is 0. The van der Waals surface area contributed by atoms with Gasteiger partial charge >= 0.3 is 0 Å². The van der Waals surface area contributed by atoms with Crippen molar-refractivity contribution in [2.24, 2.45) is 5.92 Å². The van der Waals surface area contributed by atoms with Crippen molar-refractivity contribution in [1.82, 2.24) is 4.98 Å². The van der Waals surface area contributed by atoms with Crippen LogP contribution in [-0.4, -0.2) is 10.8 Å². The number of hydrogen-bond acceptors (Lipinski definition) is 2. The summed E-state index contributed by atoms with van der Waals surface area (Å²) in [5.41, 5.74) is 0.840. The Hall–Kier alpha value is -1.70. The number of rotatable bonds is 3. The molecule has 1 fully saturated rings. The van der Waals surface area contributed by atoms with E-state index in [1.807, 2.05) is 24.3 Å². The van der Waals surface area contributed by atoms with Gasteiger partial charge in [-0.1, -0.05) is 43.9 Å². The zero-order chi connectivity index (χ0) is 12.4. The number of carbonyl (C=O) groups is 1. The molecule has 2 nitrogen and oxygen atoms in total. The fourth-order valence-corrected chi connectivity index (χ4v) is 2.94. The number of Topliss-reactive ketones (excluding diaryl/α,β-unsaturated/α-hetero) is 1. The van der Waals surface area contributed by atoms with Crippen LogP contribution in [0.1, 0.15) is 42.5 Å². The van der Waals surface area contributed by atoms with E-state index in [0.29, 0.717) is 12.3 Å². The molecule has 18 heavy (non-hydrogen) atoms. The summed E-state index contributed by atoms with van der Waals surface area (Å²) in [6, 6.07) is 7.89. The van der Waals surface area contributed by atoms with Gasteiger partial charge in [0.15, 0.2) is 5.78 Å². The Balaban J connectivity index is 1.91. The topological polar surface area (TPSA) is 30.0 Å². The molecule has 0 atom stereocenters. The third kappa shape index (κ3) is 2.15. The molecule has 1 heterocycles. The number of benzene rings is 1. The molecular formula is C16H17NO. The molecule has 0 aliphatic heterocycles. The van der Waals surface area contributed by atoms with E-state index in [-0.39, 0.29) is 5.78 Å². The molecule has 0 radical (unpaired) electrons. The lowest BCUT2D eigenvalue weighted by Crippen LogP contribution is -2.06. The van der Waals surface area contributed by atoms with Gasteiger partial charge in [-0.05, 0) is 17.4 Å². The van der Waals surface area contributed by atoms with Crippen molar-refractivity contribution in [2.45, 2.75) is 32.1 Å². The average molecular weight is 239 g/mol. The first kappa shape index (κ1) is 11.4. The Morgan fingerprint density at radius 3 is 2.89 bits per heavy atom. The summed E-state index contributed by atoms with van der Waals surface area (Å²) in [5, 5.41) is 2.09. The highest BCUT2D eigenvalue weighted by Gasteiger charge is 2.20. The standard InChI is InChI=1S/C16H17NO/c18-16(10-12-4-1-2-5-12)14-7-3-6-13-8-9-17-11-15(13)14/h3,6-9,11-12H,1-2,4-5,10H2. The highest BCUT2D eigenvalue weighted by molar-refractivity contribution is 6.07.